The third kappa shape index (κ3) is 3.73. The van der Waals surface area contributed by atoms with Crippen LogP contribution in [0, 0.1) is 0 Å². The largest absolute Gasteiger partial charge is 0.375 e. The van der Waals surface area contributed by atoms with E-state index in [2.05, 4.69) is 27.7 Å². The molecule has 15 heavy (non-hydrogen) atoms. The Balaban J connectivity index is 2.66. The molecule has 0 atom stereocenters. The molecule has 0 aliphatic heterocycles. The minimum Gasteiger partial charge on any atom is -0.375 e. The van der Waals surface area contributed by atoms with Crippen molar-refractivity contribution in [1.82, 2.24) is 15.0 Å². The SMILES string of the molecule is NC(=S)NN=CCn1ccc(=O)[nH]c1=O. The lowest BCUT2D eigenvalue weighted by Crippen LogP contribution is -2.29. The minimum absolute atomic E-state index is 0.0417. The molecule has 4 N–H and O–H groups in total. The van der Waals surface area contributed by atoms with Crippen molar-refractivity contribution >= 4 is 23.5 Å². The molecular weight excluding hydrogens is 218 g/mol. The average Bonchev–Trinajstić information content (AvgIpc) is 2.14. The van der Waals surface area contributed by atoms with Crippen LogP contribution >= 0.6 is 12.2 Å². The van der Waals surface area contributed by atoms with Crippen LogP contribution < -0.4 is 22.4 Å². The Morgan fingerprint density at radius 3 is 3.07 bits per heavy atom. The summed E-state index contributed by atoms with van der Waals surface area (Å²) in [6.45, 7) is 0.214. The molecule has 80 valence electrons. The maximum Gasteiger partial charge on any atom is 0.328 e. The van der Waals surface area contributed by atoms with Crippen LogP contribution in [-0.2, 0) is 6.54 Å². The van der Waals surface area contributed by atoms with Gasteiger partial charge in [-0.3, -0.25) is 19.8 Å². The van der Waals surface area contributed by atoms with E-state index in [-0.39, 0.29) is 11.7 Å². The number of thiocarbonyl (C=S) groups is 1. The molecule has 0 radical (unpaired) electrons. The molecule has 1 heterocycles. The third-order valence-electron chi connectivity index (χ3n) is 1.44. The van der Waals surface area contributed by atoms with Crippen molar-refractivity contribution in [2.75, 3.05) is 0 Å². The molecule has 0 saturated carbocycles. The van der Waals surface area contributed by atoms with Crippen LogP contribution in [0.3, 0.4) is 0 Å². The number of rotatable bonds is 3. The van der Waals surface area contributed by atoms with Crippen molar-refractivity contribution in [1.29, 1.82) is 0 Å². The molecule has 7 nitrogen and oxygen atoms in total. The second-order valence-corrected chi connectivity index (χ2v) is 2.99. The fourth-order valence-electron chi connectivity index (χ4n) is 0.826. The molecule has 0 aliphatic carbocycles. The number of hydrogen-bond acceptors (Lipinski definition) is 4. The normalized spacial score (nSPS) is 10.4. The van der Waals surface area contributed by atoms with Crippen LogP contribution in [0.25, 0.3) is 0 Å². The number of aromatic amines is 1. The summed E-state index contributed by atoms with van der Waals surface area (Å²) in [5, 5.41) is 3.68. The number of hydrogen-bond donors (Lipinski definition) is 3. The predicted molar refractivity (Wildman–Crippen MR) is 59.7 cm³/mol. The zero-order valence-corrected chi connectivity index (χ0v) is 8.45. The number of nitrogens with one attached hydrogen (secondary N) is 2. The van der Waals surface area contributed by atoms with Gasteiger partial charge < -0.3 is 5.73 Å². The van der Waals surface area contributed by atoms with Crippen LogP contribution in [0.1, 0.15) is 0 Å². The first kappa shape index (κ1) is 11.1. The Hall–Kier alpha value is -1.96. The van der Waals surface area contributed by atoms with E-state index >= 15 is 0 Å². The highest BCUT2D eigenvalue weighted by atomic mass is 32.1. The van der Waals surface area contributed by atoms with Crippen LogP contribution in [0.5, 0.6) is 0 Å². The molecule has 0 aliphatic rings. The quantitative estimate of drug-likeness (QED) is 0.326. The van der Waals surface area contributed by atoms with Gasteiger partial charge in [0.2, 0.25) is 0 Å². The van der Waals surface area contributed by atoms with Crippen molar-refractivity contribution in [3.8, 4) is 0 Å². The minimum atomic E-state index is -0.496. The summed E-state index contributed by atoms with van der Waals surface area (Å²) in [6, 6.07) is 1.25. The number of aromatic nitrogens is 2. The van der Waals surface area contributed by atoms with Crippen molar-refractivity contribution in [3.63, 3.8) is 0 Å². The zero-order valence-electron chi connectivity index (χ0n) is 7.64. The topological polar surface area (TPSA) is 105 Å². The van der Waals surface area contributed by atoms with Crippen LogP contribution in [0.15, 0.2) is 27.0 Å². The van der Waals surface area contributed by atoms with E-state index in [9.17, 15) is 9.59 Å². The Kier molecular flexibility index (Phi) is 3.75. The first-order chi connectivity index (χ1) is 7.09. The molecule has 8 heteroatoms. The molecule has 0 spiro atoms. The van der Waals surface area contributed by atoms with E-state index in [1.165, 1.54) is 23.0 Å². The molecule has 0 bridgehead atoms. The van der Waals surface area contributed by atoms with Crippen molar-refractivity contribution in [3.05, 3.63) is 33.1 Å². The standard InChI is InChI=1S/C7H9N5O2S/c8-6(15)11-9-2-4-12-3-1-5(13)10-7(12)14/h1-3H,4H2,(H3,8,11,15)(H,10,13,14). The van der Waals surface area contributed by atoms with Gasteiger partial charge in [0.05, 0.1) is 6.54 Å². The second kappa shape index (κ2) is 5.05. The van der Waals surface area contributed by atoms with Gasteiger partial charge >= 0.3 is 5.69 Å². The highest BCUT2D eigenvalue weighted by Crippen LogP contribution is 1.72. The molecule has 0 amide bonds. The fourth-order valence-corrected chi connectivity index (χ4v) is 0.879. The molecular formula is C7H9N5O2S. The third-order valence-corrected chi connectivity index (χ3v) is 1.53. The van der Waals surface area contributed by atoms with Gasteiger partial charge in [-0.15, -0.1) is 0 Å². The molecule has 0 aromatic carbocycles. The van der Waals surface area contributed by atoms with E-state index in [1.807, 2.05) is 0 Å². The van der Waals surface area contributed by atoms with E-state index in [4.69, 9.17) is 5.73 Å². The summed E-state index contributed by atoms with van der Waals surface area (Å²) >= 11 is 4.51. The van der Waals surface area contributed by atoms with Gasteiger partial charge in [-0.1, -0.05) is 0 Å². The molecule has 0 fully saturated rings. The summed E-state index contributed by atoms with van der Waals surface area (Å²) in [4.78, 5) is 24.0. The van der Waals surface area contributed by atoms with E-state index in [1.54, 1.807) is 0 Å². The van der Waals surface area contributed by atoms with E-state index in [0.717, 1.165) is 0 Å². The van der Waals surface area contributed by atoms with E-state index in [0.29, 0.717) is 0 Å². The summed E-state index contributed by atoms with van der Waals surface area (Å²) in [5.41, 5.74) is 6.52. The Morgan fingerprint density at radius 1 is 1.73 bits per heavy atom. The first-order valence-electron chi connectivity index (χ1n) is 3.96. The zero-order chi connectivity index (χ0) is 11.3. The van der Waals surface area contributed by atoms with Gasteiger partial charge in [0.15, 0.2) is 5.11 Å². The van der Waals surface area contributed by atoms with Crippen LogP contribution in [0.4, 0.5) is 0 Å². The summed E-state index contributed by atoms with van der Waals surface area (Å²) in [7, 11) is 0. The number of nitrogens with zero attached hydrogens (tertiary/aromatic N) is 2. The molecule has 1 rings (SSSR count). The Morgan fingerprint density at radius 2 is 2.47 bits per heavy atom. The number of H-pyrrole nitrogens is 1. The van der Waals surface area contributed by atoms with Gasteiger partial charge in [-0.25, -0.2) is 4.79 Å². The van der Waals surface area contributed by atoms with Crippen molar-refractivity contribution < 1.29 is 0 Å². The van der Waals surface area contributed by atoms with Crippen LogP contribution in [0.2, 0.25) is 0 Å². The van der Waals surface area contributed by atoms with Gasteiger partial charge in [-0.05, 0) is 12.2 Å². The van der Waals surface area contributed by atoms with Crippen molar-refractivity contribution in [2.24, 2.45) is 10.8 Å². The summed E-state index contributed by atoms with van der Waals surface area (Å²) in [6.07, 6.45) is 2.77. The molecule has 0 saturated heterocycles. The van der Waals surface area contributed by atoms with Crippen LogP contribution in [-0.4, -0.2) is 20.9 Å². The summed E-state index contributed by atoms with van der Waals surface area (Å²) < 4.78 is 1.27. The first-order valence-corrected chi connectivity index (χ1v) is 4.37. The van der Waals surface area contributed by atoms with Gasteiger partial charge in [0.1, 0.15) is 0 Å². The summed E-state index contributed by atoms with van der Waals surface area (Å²) in [5.74, 6) is 0. The lowest BCUT2D eigenvalue weighted by molar-refractivity contribution is 0.761. The smallest absolute Gasteiger partial charge is 0.328 e. The predicted octanol–water partition coefficient (Wildman–Crippen LogP) is -1.64. The highest BCUT2D eigenvalue weighted by Gasteiger charge is 1.92. The number of nitrogens with two attached hydrogens (primary N) is 1. The second-order valence-electron chi connectivity index (χ2n) is 2.55. The lowest BCUT2D eigenvalue weighted by atomic mass is 10.6. The monoisotopic (exact) mass is 227 g/mol. The molecule has 1 aromatic heterocycles. The maximum atomic E-state index is 11.1. The maximum absolute atomic E-state index is 11.1. The van der Waals surface area contributed by atoms with Gasteiger partial charge in [0.25, 0.3) is 5.56 Å². The number of hydrazone groups is 1. The average molecular weight is 227 g/mol. The highest BCUT2D eigenvalue weighted by molar-refractivity contribution is 7.80. The Labute approximate surface area is 89.6 Å². The molecule has 1 aromatic rings. The van der Waals surface area contributed by atoms with E-state index < -0.39 is 11.2 Å². The molecule has 0 unspecified atom stereocenters. The fraction of sp³-hybridized carbons (Fsp3) is 0.143. The van der Waals surface area contributed by atoms with Crippen molar-refractivity contribution in [2.45, 2.75) is 6.54 Å². The lowest BCUT2D eigenvalue weighted by Gasteiger charge is -1.98. The Bertz CT molecular complexity index is 489. The van der Waals surface area contributed by atoms with Gasteiger partial charge in [0, 0.05) is 18.5 Å². The van der Waals surface area contributed by atoms with Gasteiger partial charge in [-0.2, -0.15) is 5.10 Å².